The molecule has 6 rings (SSSR count). The number of pyridine rings is 1. The molecule has 1 aromatic heterocycles. The monoisotopic (exact) mass is 605 g/mol. The molecule has 236 valence electrons. The fourth-order valence-electron chi connectivity index (χ4n) is 7.27. The van der Waals surface area contributed by atoms with Crippen LogP contribution in [0.2, 0.25) is 0 Å². The number of alkyl carbamates (subject to hydrolysis) is 1. The molecule has 2 aliphatic carbocycles. The van der Waals surface area contributed by atoms with E-state index in [0.29, 0.717) is 29.4 Å². The van der Waals surface area contributed by atoms with Gasteiger partial charge < -0.3 is 29.2 Å². The molecule has 10 nitrogen and oxygen atoms in total. The molecule has 1 N–H and O–H groups in total. The molecule has 2 bridgehead atoms. The standard InChI is InChI=1S/C34H43N3O7/c1-34(2,3)29-31(38)37-18-23(17-27(37)32(39)42-5)43-30-20(13-19-11-12-22(41-4)16-26(19)35-30)9-7-6-8-10-24-25-14-21(25)15-28(24)44-33(40)36-29/h7,9,11-13,16,21,23-25,27-29H,6,8,10,14-15,17-18H2,1-5H3,(H,36,40)/b9-7+/t21-,23+,24+,25-,27-,28+,29+/m0/s1. The lowest BCUT2D eigenvalue weighted by molar-refractivity contribution is -0.152. The Morgan fingerprint density at radius 3 is 2.64 bits per heavy atom. The first-order valence-electron chi connectivity index (χ1n) is 15.7. The van der Waals surface area contributed by atoms with Gasteiger partial charge in [-0.25, -0.2) is 14.6 Å². The highest BCUT2D eigenvalue weighted by Crippen LogP contribution is 2.57. The maximum atomic E-state index is 14.1. The van der Waals surface area contributed by atoms with Crippen molar-refractivity contribution in [3.05, 3.63) is 35.9 Å². The second-order valence-electron chi connectivity index (χ2n) is 13.7. The highest BCUT2D eigenvalue weighted by Gasteiger charge is 2.54. The van der Waals surface area contributed by atoms with Gasteiger partial charge in [0, 0.05) is 23.4 Å². The average molecular weight is 606 g/mol. The topological polar surface area (TPSA) is 116 Å². The number of hydrogen-bond donors (Lipinski definition) is 1. The van der Waals surface area contributed by atoms with Crippen molar-refractivity contribution in [2.75, 3.05) is 20.8 Å². The Bertz CT molecular complexity index is 1470. The zero-order chi connectivity index (χ0) is 31.2. The van der Waals surface area contributed by atoms with Gasteiger partial charge in [0.05, 0.1) is 26.3 Å². The van der Waals surface area contributed by atoms with Gasteiger partial charge in [0.25, 0.3) is 0 Å². The Labute approximate surface area is 258 Å². The van der Waals surface area contributed by atoms with E-state index in [4.69, 9.17) is 23.9 Å². The summed E-state index contributed by atoms with van der Waals surface area (Å²) < 4.78 is 23.0. The van der Waals surface area contributed by atoms with Gasteiger partial charge in [-0.05, 0) is 73.5 Å². The number of rotatable bonds is 2. The smallest absolute Gasteiger partial charge is 0.408 e. The van der Waals surface area contributed by atoms with Crippen molar-refractivity contribution in [2.45, 2.75) is 83.6 Å². The first-order chi connectivity index (χ1) is 21.0. The molecule has 10 heteroatoms. The van der Waals surface area contributed by atoms with Gasteiger partial charge in [0.15, 0.2) is 0 Å². The zero-order valence-electron chi connectivity index (χ0n) is 26.2. The van der Waals surface area contributed by atoms with Crippen molar-refractivity contribution in [2.24, 2.45) is 23.2 Å². The first-order valence-corrected chi connectivity index (χ1v) is 15.7. The number of fused-ring (bicyclic) bond motifs is 7. The third-order valence-corrected chi connectivity index (χ3v) is 9.69. The fraction of sp³-hybridized carbons (Fsp3) is 0.588. The minimum absolute atomic E-state index is 0.136. The van der Waals surface area contributed by atoms with E-state index >= 15 is 0 Å². The van der Waals surface area contributed by atoms with Crippen LogP contribution in [0.1, 0.15) is 64.9 Å². The van der Waals surface area contributed by atoms with Crippen LogP contribution in [0.5, 0.6) is 11.6 Å². The van der Waals surface area contributed by atoms with Crippen LogP contribution >= 0.6 is 0 Å². The van der Waals surface area contributed by atoms with Crippen LogP contribution in [0.3, 0.4) is 0 Å². The van der Waals surface area contributed by atoms with Gasteiger partial charge >= 0.3 is 12.1 Å². The normalized spacial score (nSPS) is 31.3. The van der Waals surface area contributed by atoms with Crippen LogP contribution < -0.4 is 14.8 Å². The highest BCUT2D eigenvalue weighted by atomic mass is 16.6. The van der Waals surface area contributed by atoms with E-state index in [2.05, 4.69) is 11.4 Å². The summed E-state index contributed by atoms with van der Waals surface area (Å²) in [6.07, 6.45) is 8.03. The van der Waals surface area contributed by atoms with Gasteiger partial charge in [-0.2, -0.15) is 0 Å². The summed E-state index contributed by atoms with van der Waals surface area (Å²) in [5.41, 5.74) is 0.897. The molecule has 2 aliphatic heterocycles. The van der Waals surface area contributed by atoms with Gasteiger partial charge in [-0.3, -0.25) is 4.79 Å². The number of methoxy groups -OCH3 is 2. The molecule has 3 heterocycles. The number of nitrogens with zero attached hydrogens (tertiary/aromatic N) is 2. The quantitative estimate of drug-likeness (QED) is 0.469. The van der Waals surface area contributed by atoms with E-state index in [0.717, 1.165) is 42.1 Å². The minimum atomic E-state index is -0.918. The number of aromatic nitrogens is 1. The Balaban J connectivity index is 1.37. The lowest BCUT2D eigenvalue weighted by Gasteiger charge is -2.35. The summed E-state index contributed by atoms with van der Waals surface area (Å²) >= 11 is 0. The Morgan fingerprint density at radius 2 is 1.89 bits per heavy atom. The van der Waals surface area contributed by atoms with E-state index < -0.39 is 35.7 Å². The molecule has 2 amide bonds. The predicted octanol–water partition coefficient (Wildman–Crippen LogP) is 5.13. The molecule has 1 aromatic carbocycles. The summed E-state index contributed by atoms with van der Waals surface area (Å²) in [4.78, 5) is 46.7. The zero-order valence-corrected chi connectivity index (χ0v) is 26.2. The number of carbonyl (C=O) groups excluding carboxylic acids is 3. The lowest BCUT2D eigenvalue weighted by Crippen LogP contribution is -2.57. The van der Waals surface area contributed by atoms with E-state index in [1.165, 1.54) is 18.4 Å². The summed E-state index contributed by atoms with van der Waals surface area (Å²) in [5, 5.41) is 3.83. The Kier molecular flexibility index (Phi) is 8.20. The number of carbonyl (C=O) groups is 3. The maximum absolute atomic E-state index is 14.1. The number of nitrogens with one attached hydrogen (secondary N) is 1. The van der Waals surface area contributed by atoms with Crippen LogP contribution in [-0.2, 0) is 19.1 Å². The van der Waals surface area contributed by atoms with E-state index in [9.17, 15) is 14.4 Å². The average Bonchev–Trinajstić information content (AvgIpc) is 3.48. The van der Waals surface area contributed by atoms with Crippen LogP contribution in [-0.4, -0.2) is 72.9 Å². The maximum Gasteiger partial charge on any atom is 0.408 e. The van der Waals surface area contributed by atoms with Gasteiger partial charge in [-0.15, -0.1) is 0 Å². The fourth-order valence-corrected chi connectivity index (χ4v) is 7.27. The van der Waals surface area contributed by atoms with Crippen molar-refractivity contribution in [1.29, 1.82) is 0 Å². The number of hydrogen-bond acceptors (Lipinski definition) is 8. The van der Waals surface area contributed by atoms with Gasteiger partial charge in [-0.1, -0.05) is 32.9 Å². The molecular formula is C34H43N3O7. The van der Waals surface area contributed by atoms with Crippen LogP contribution in [0.15, 0.2) is 30.3 Å². The van der Waals surface area contributed by atoms with Gasteiger partial charge in [0.2, 0.25) is 11.8 Å². The van der Waals surface area contributed by atoms with Crippen molar-refractivity contribution in [3.63, 3.8) is 0 Å². The van der Waals surface area contributed by atoms with Crippen molar-refractivity contribution >= 4 is 34.9 Å². The molecule has 7 atom stereocenters. The summed E-state index contributed by atoms with van der Waals surface area (Å²) in [5.74, 6) is 1.75. The number of ether oxygens (including phenoxy) is 4. The number of esters is 1. The molecule has 0 radical (unpaired) electrons. The van der Waals surface area contributed by atoms with E-state index in [-0.39, 0.29) is 25.0 Å². The van der Waals surface area contributed by atoms with Crippen LogP contribution in [0.25, 0.3) is 17.0 Å². The van der Waals surface area contributed by atoms with Crippen LogP contribution in [0.4, 0.5) is 4.79 Å². The molecule has 3 fully saturated rings. The van der Waals surface area contributed by atoms with Crippen molar-refractivity contribution in [1.82, 2.24) is 15.2 Å². The van der Waals surface area contributed by atoms with Crippen molar-refractivity contribution < 1.29 is 33.3 Å². The second-order valence-corrected chi connectivity index (χ2v) is 13.7. The summed E-state index contributed by atoms with van der Waals surface area (Å²) in [7, 11) is 2.92. The molecule has 44 heavy (non-hydrogen) atoms. The Morgan fingerprint density at radius 1 is 1.07 bits per heavy atom. The third-order valence-electron chi connectivity index (χ3n) is 9.69. The summed E-state index contributed by atoms with van der Waals surface area (Å²) in [6.45, 7) is 5.80. The number of amides is 2. The molecule has 2 aromatic rings. The van der Waals surface area contributed by atoms with E-state index in [1.807, 2.05) is 51.1 Å². The second kappa shape index (κ2) is 11.9. The molecule has 0 spiro atoms. The number of benzene rings is 1. The Hall–Kier alpha value is -3.82. The molecule has 0 unspecified atom stereocenters. The molecular weight excluding hydrogens is 562 g/mol. The minimum Gasteiger partial charge on any atom is -0.497 e. The van der Waals surface area contributed by atoms with E-state index in [1.54, 1.807) is 7.11 Å². The molecule has 4 aliphatic rings. The lowest BCUT2D eigenvalue weighted by atomic mass is 9.85. The van der Waals surface area contributed by atoms with Crippen LogP contribution in [0, 0.1) is 23.2 Å². The predicted molar refractivity (Wildman–Crippen MR) is 164 cm³/mol. The third kappa shape index (κ3) is 6.08. The van der Waals surface area contributed by atoms with Crippen molar-refractivity contribution in [3.8, 4) is 11.6 Å². The summed E-state index contributed by atoms with van der Waals surface area (Å²) in [6, 6.07) is 5.99. The SMILES string of the molecule is COC(=O)[C@@H]1C[C@@H]2CN1C(=O)[C@H](C(C)(C)C)NC(=O)O[C@@H]1C[C@@H]3C[C@@H]3[C@H]1CCC/C=C/c1cc3ccc(OC)cc3nc1O2. The largest absolute Gasteiger partial charge is 0.497 e. The highest BCUT2D eigenvalue weighted by molar-refractivity contribution is 5.91. The molecule has 1 saturated heterocycles. The molecule has 2 saturated carbocycles. The number of allylic oxidation sites excluding steroid dienone is 1. The first kappa shape index (κ1) is 30.2. The van der Waals surface area contributed by atoms with Gasteiger partial charge in [0.1, 0.15) is 30.0 Å².